The number of nitrogens with two attached hydrogens (primary N) is 1. The van der Waals surface area contributed by atoms with Crippen molar-refractivity contribution in [3.63, 3.8) is 0 Å². The van der Waals surface area contributed by atoms with Crippen LogP contribution in [0.3, 0.4) is 0 Å². The van der Waals surface area contributed by atoms with E-state index in [-0.39, 0.29) is 28.8 Å². The molecule has 8 heteroatoms. The number of ether oxygens (including phenoxy) is 1. The maximum atomic E-state index is 11.4. The smallest absolute Gasteiger partial charge is 0.334 e. The van der Waals surface area contributed by atoms with Gasteiger partial charge in [-0.15, -0.1) is 0 Å². The first-order chi connectivity index (χ1) is 9.99. The normalized spacial score (nSPS) is 24.7. The highest BCUT2D eigenvalue weighted by Crippen LogP contribution is 2.33. The second-order valence-electron chi connectivity index (χ2n) is 5.34. The van der Waals surface area contributed by atoms with E-state index < -0.39 is 0 Å². The van der Waals surface area contributed by atoms with E-state index >= 15 is 0 Å². The van der Waals surface area contributed by atoms with Gasteiger partial charge in [0.25, 0.3) is 0 Å². The van der Waals surface area contributed by atoms with E-state index in [0.29, 0.717) is 24.5 Å². The van der Waals surface area contributed by atoms with Crippen molar-refractivity contribution in [2.24, 2.45) is 12.8 Å². The van der Waals surface area contributed by atoms with Gasteiger partial charge < -0.3 is 15.8 Å². The Morgan fingerprint density at radius 2 is 2.29 bits per heavy atom. The molecule has 1 aromatic rings. The molecule has 3 unspecified atom stereocenters. The van der Waals surface area contributed by atoms with Gasteiger partial charge in [-0.2, -0.15) is 5.10 Å². The number of anilines is 1. The van der Waals surface area contributed by atoms with Crippen LogP contribution in [0.15, 0.2) is 0 Å². The molecule has 3 atom stereocenters. The van der Waals surface area contributed by atoms with Crippen molar-refractivity contribution in [2.45, 2.75) is 51.3 Å². The summed E-state index contributed by atoms with van der Waals surface area (Å²) in [4.78, 5) is 11.0. The minimum Gasteiger partial charge on any atom is -0.376 e. The third kappa shape index (κ3) is 3.01. The van der Waals surface area contributed by atoms with Crippen LogP contribution in [0, 0.1) is 10.1 Å². The van der Waals surface area contributed by atoms with Crippen LogP contribution in [0.4, 0.5) is 11.5 Å². The number of aromatic nitrogens is 2. The second kappa shape index (κ2) is 6.40. The van der Waals surface area contributed by atoms with Crippen LogP contribution in [-0.2, 0) is 18.2 Å². The molecule has 21 heavy (non-hydrogen) atoms. The first kappa shape index (κ1) is 15.7. The van der Waals surface area contributed by atoms with E-state index in [9.17, 15) is 10.1 Å². The van der Waals surface area contributed by atoms with Crippen molar-refractivity contribution < 1.29 is 9.66 Å². The predicted molar refractivity (Wildman–Crippen MR) is 79.3 cm³/mol. The molecule has 8 nitrogen and oxygen atoms in total. The number of nitrogens with one attached hydrogen (secondary N) is 1. The molecule has 0 aromatic carbocycles. The molecule has 1 heterocycles. The van der Waals surface area contributed by atoms with Crippen molar-refractivity contribution in [2.75, 3.05) is 11.9 Å². The zero-order chi connectivity index (χ0) is 15.6. The van der Waals surface area contributed by atoms with E-state index in [1.807, 2.05) is 13.8 Å². The van der Waals surface area contributed by atoms with Gasteiger partial charge in [0.05, 0.1) is 17.1 Å². The molecule has 1 saturated carbocycles. The van der Waals surface area contributed by atoms with Crippen molar-refractivity contribution in [3.05, 3.63) is 15.8 Å². The molecule has 1 aliphatic rings. The Balaban J connectivity index is 2.24. The van der Waals surface area contributed by atoms with Gasteiger partial charge in [0.15, 0.2) is 0 Å². The summed E-state index contributed by atoms with van der Waals surface area (Å²) in [5.41, 5.74) is 6.55. The Bertz CT molecular complexity index is 514. The average molecular weight is 297 g/mol. The van der Waals surface area contributed by atoms with Gasteiger partial charge in [-0.3, -0.25) is 10.1 Å². The predicted octanol–water partition coefficient (Wildman–Crippen LogP) is 1.20. The summed E-state index contributed by atoms with van der Waals surface area (Å²) in [6, 6.07) is -0.181. The molecule has 0 bridgehead atoms. The molecular formula is C13H23N5O3. The summed E-state index contributed by atoms with van der Waals surface area (Å²) in [6.45, 7) is 4.50. The highest BCUT2D eigenvalue weighted by atomic mass is 16.6. The van der Waals surface area contributed by atoms with Crippen LogP contribution in [0.1, 0.15) is 32.4 Å². The minimum absolute atomic E-state index is 0.00544. The molecule has 0 amide bonds. The summed E-state index contributed by atoms with van der Waals surface area (Å²) < 4.78 is 7.11. The largest absolute Gasteiger partial charge is 0.376 e. The Kier molecular flexibility index (Phi) is 4.79. The van der Waals surface area contributed by atoms with Crippen LogP contribution >= 0.6 is 0 Å². The highest BCUT2D eigenvalue weighted by molar-refractivity contribution is 5.61. The number of nitro groups is 1. The fraction of sp³-hybridized carbons (Fsp3) is 0.769. The van der Waals surface area contributed by atoms with Crippen LogP contribution in [-0.4, -0.2) is 39.5 Å². The van der Waals surface area contributed by atoms with Gasteiger partial charge in [0, 0.05) is 19.7 Å². The third-order valence-electron chi connectivity index (χ3n) is 3.81. The lowest BCUT2D eigenvalue weighted by Crippen LogP contribution is -2.60. The average Bonchev–Trinajstić information content (AvgIpc) is 2.72. The lowest BCUT2D eigenvalue weighted by atomic mass is 9.83. The van der Waals surface area contributed by atoms with Gasteiger partial charge in [0.2, 0.25) is 5.82 Å². The minimum atomic E-state index is -0.375. The fourth-order valence-corrected chi connectivity index (χ4v) is 2.71. The number of hydrogen-bond acceptors (Lipinski definition) is 6. The van der Waals surface area contributed by atoms with Crippen LogP contribution < -0.4 is 11.1 Å². The molecule has 0 spiro atoms. The molecule has 0 saturated heterocycles. The number of nitrogens with zero attached hydrogens (tertiary/aromatic N) is 3. The second-order valence-corrected chi connectivity index (χ2v) is 5.34. The third-order valence-corrected chi connectivity index (χ3v) is 3.81. The fourth-order valence-electron chi connectivity index (χ4n) is 2.71. The maximum absolute atomic E-state index is 11.4. The van der Waals surface area contributed by atoms with Crippen LogP contribution in [0.5, 0.6) is 0 Å². The van der Waals surface area contributed by atoms with Crippen molar-refractivity contribution >= 4 is 11.5 Å². The molecule has 3 N–H and O–H groups in total. The number of aryl methyl sites for hydroxylation is 2. The lowest BCUT2D eigenvalue weighted by molar-refractivity contribution is -0.384. The molecule has 2 rings (SSSR count). The van der Waals surface area contributed by atoms with Gasteiger partial charge in [0.1, 0.15) is 5.69 Å². The van der Waals surface area contributed by atoms with E-state index in [0.717, 1.165) is 12.8 Å². The van der Waals surface area contributed by atoms with E-state index in [4.69, 9.17) is 10.5 Å². The lowest BCUT2D eigenvalue weighted by Gasteiger charge is -2.42. The van der Waals surface area contributed by atoms with E-state index in [1.54, 1.807) is 7.05 Å². The molecular weight excluding hydrogens is 274 g/mol. The Hall–Kier alpha value is -1.67. The molecule has 1 fully saturated rings. The summed E-state index contributed by atoms with van der Waals surface area (Å²) in [5, 5.41) is 18.8. The number of rotatable bonds is 7. The Morgan fingerprint density at radius 3 is 2.81 bits per heavy atom. The summed E-state index contributed by atoms with van der Waals surface area (Å²) in [6.07, 6.45) is 2.15. The molecule has 1 aliphatic carbocycles. The monoisotopic (exact) mass is 297 g/mol. The van der Waals surface area contributed by atoms with E-state index in [1.165, 1.54) is 4.68 Å². The van der Waals surface area contributed by atoms with Gasteiger partial charge in [-0.05, 0) is 19.8 Å². The van der Waals surface area contributed by atoms with Crippen molar-refractivity contribution in [1.82, 2.24) is 9.78 Å². The topological polar surface area (TPSA) is 108 Å². The first-order valence-corrected chi connectivity index (χ1v) is 7.33. The van der Waals surface area contributed by atoms with Crippen LogP contribution in [0.2, 0.25) is 0 Å². The van der Waals surface area contributed by atoms with Gasteiger partial charge >= 0.3 is 5.69 Å². The number of hydrogen-bond donors (Lipinski definition) is 2. The maximum Gasteiger partial charge on any atom is 0.334 e. The summed E-state index contributed by atoms with van der Waals surface area (Å²) in [5.74, 6) is 0.410. The molecule has 0 radical (unpaired) electrons. The quantitative estimate of drug-likeness (QED) is 0.578. The first-order valence-electron chi connectivity index (χ1n) is 7.33. The van der Waals surface area contributed by atoms with Gasteiger partial charge in [-0.1, -0.05) is 13.3 Å². The Labute approximate surface area is 123 Å². The standard InChI is InChI=1S/C13H23N5O3/c1-4-6-9-12(18(19)20)13(17(3)16-9)15-11-8(14)7-10(11)21-5-2/h8,10-11,15H,4-7,14H2,1-3H3. The van der Waals surface area contributed by atoms with Crippen molar-refractivity contribution in [3.8, 4) is 0 Å². The van der Waals surface area contributed by atoms with E-state index in [2.05, 4.69) is 10.4 Å². The Morgan fingerprint density at radius 1 is 1.57 bits per heavy atom. The van der Waals surface area contributed by atoms with Gasteiger partial charge in [-0.25, -0.2) is 4.68 Å². The molecule has 0 aliphatic heterocycles. The summed E-state index contributed by atoms with van der Waals surface area (Å²) >= 11 is 0. The SMILES string of the molecule is CCCc1nn(C)c(NC2C(N)CC2OCC)c1[N+](=O)[O-]. The molecule has 1 aromatic heterocycles. The van der Waals surface area contributed by atoms with Crippen LogP contribution in [0.25, 0.3) is 0 Å². The van der Waals surface area contributed by atoms with Crippen molar-refractivity contribution in [1.29, 1.82) is 0 Å². The molecule has 118 valence electrons. The zero-order valence-electron chi connectivity index (χ0n) is 12.7. The highest BCUT2D eigenvalue weighted by Gasteiger charge is 2.41. The summed E-state index contributed by atoms with van der Waals surface area (Å²) in [7, 11) is 1.70. The zero-order valence-corrected chi connectivity index (χ0v) is 12.7.